The van der Waals surface area contributed by atoms with Crippen molar-refractivity contribution in [3.63, 3.8) is 0 Å². The summed E-state index contributed by atoms with van der Waals surface area (Å²) in [6, 6.07) is 6.64. The molecule has 2 N–H and O–H groups in total. The van der Waals surface area contributed by atoms with Gasteiger partial charge in [0.15, 0.2) is 0 Å². The van der Waals surface area contributed by atoms with Crippen LogP contribution in [-0.2, 0) is 6.54 Å². The third-order valence-corrected chi connectivity index (χ3v) is 3.73. The molecule has 0 amide bonds. The number of likely N-dealkylation sites (N-methyl/N-ethyl adjacent to an activating group) is 1. The van der Waals surface area contributed by atoms with Crippen LogP contribution in [0.2, 0.25) is 0 Å². The molecule has 0 spiro atoms. The normalized spacial score (nSPS) is 17.5. The third-order valence-electron chi connectivity index (χ3n) is 3.73. The molecule has 0 aromatic heterocycles. The van der Waals surface area contributed by atoms with E-state index in [1.807, 2.05) is 0 Å². The van der Waals surface area contributed by atoms with Gasteiger partial charge in [0.25, 0.3) is 0 Å². The predicted octanol–water partition coefficient (Wildman–Crippen LogP) is 1.60. The Bertz CT molecular complexity index is 368. The maximum atomic E-state index is 5.70. The third kappa shape index (κ3) is 2.79. The molecule has 1 saturated heterocycles. The number of anilines is 1. The van der Waals surface area contributed by atoms with Crippen molar-refractivity contribution in [1.29, 1.82) is 0 Å². The van der Waals surface area contributed by atoms with Crippen LogP contribution in [-0.4, -0.2) is 37.6 Å². The van der Waals surface area contributed by atoms with Gasteiger partial charge in [0, 0.05) is 38.4 Å². The number of rotatable bonds is 3. The highest BCUT2D eigenvalue weighted by atomic mass is 15.3. The average Bonchev–Trinajstić information content (AvgIpc) is 2.39. The van der Waals surface area contributed by atoms with E-state index in [0.29, 0.717) is 6.54 Å². The lowest BCUT2D eigenvalue weighted by molar-refractivity contribution is 0.271. The molecule has 0 radical (unpaired) electrons. The Morgan fingerprint density at radius 1 is 1.18 bits per heavy atom. The second-order valence-corrected chi connectivity index (χ2v) is 4.74. The minimum atomic E-state index is 0.635. The van der Waals surface area contributed by atoms with E-state index in [4.69, 9.17) is 5.73 Å². The zero-order chi connectivity index (χ0) is 12.3. The second-order valence-electron chi connectivity index (χ2n) is 4.74. The summed E-state index contributed by atoms with van der Waals surface area (Å²) in [5.74, 6) is 0. The van der Waals surface area contributed by atoms with Crippen LogP contribution in [0.25, 0.3) is 0 Å². The van der Waals surface area contributed by atoms with Gasteiger partial charge in [0.1, 0.15) is 0 Å². The first-order valence-electron chi connectivity index (χ1n) is 6.51. The van der Waals surface area contributed by atoms with Crippen molar-refractivity contribution in [3.05, 3.63) is 29.3 Å². The lowest BCUT2D eigenvalue weighted by Gasteiger charge is -2.35. The molecule has 94 valence electrons. The lowest BCUT2D eigenvalue weighted by atomic mass is 10.1. The molecular weight excluding hydrogens is 210 g/mol. The van der Waals surface area contributed by atoms with Gasteiger partial charge in [-0.25, -0.2) is 0 Å². The Morgan fingerprint density at radius 3 is 2.41 bits per heavy atom. The van der Waals surface area contributed by atoms with Crippen LogP contribution >= 0.6 is 0 Å². The fourth-order valence-electron chi connectivity index (χ4n) is 2.43. The smallest absolute Gasteiger partial charge is 0.0369 e. The molecule has 3 nitrogen and oxygen atoms in total. The van der Waals surface area contributed by atoms with Crippen molar-refractivity contribution in [2.45, 2.75) is 20.4 Å². The van der Waals surface area contributed by atoms with E-state index in [0.717, 1.165) is 13.1 Å². The highest BCUT2D eigenvalue weighted by Crippen LogP contribution is 2.20. The van der Waals surface area contributed by atoms with Crippen LogP contribution in [0.3, 0.4) is 0 Å². The van der Waals surface area contributed by atoms with Crippen molar-refractivity contribution >= 4 is 5.69 Å². The topological polar surface area (TPSA) is 32.5 Å². The Kier molecular flexibility index (Phi) is 4.02. The van der Waals surface area contributed by atoms with E-state index in [-0.39, 0.29) is 0 Å². The number of nitrogens with two attached hydrogens (primary N) is 1. The van der Waals surface area contributed by atoms with Crippen molar-refractivity contribution in [2.75, 3.05) is 37.6 Å². The average molecular weight is 233 g/mol. The van der Waals surface area contributed by atoms with E-state index < -0.39 is 0 Å². The standard InChI is InChI=1S/C14H23N3/c1-3-16-6-8-17(9-7-16)14-5-4-13(11-15)12(2)10-14/h4-5,10H,3,6-9,11,15H2,1-2H3. The number of benzene rings is 1. The summed E-state index contributed by atoms with van der Waals surface area (Å²) in [4.78, 5) is 4.97. The molecule has 17 heavy (non-hydrogen) atoms. The maximum absolute atomic E-state index is 5.70. The first-order valence-corrected chi connectivity index (χ1v) is 6.51. The molecule has 0 unspecified atom stereocenters. The van der Waals surface area contributed by atoms with Crippen molar-refractivity contribution in [2.24, 2.45) is 5.73 Å². The number of nitrogens with zero attached hydrogens (tertiary/aromatic N) is 2. The van der Waals surface area contributed by atoms with E-state index >= 15 is 0 Å². The van der Waals surface area contributed by atoms with Crippen molar-refractivity contribution < 1.29 is 0 Å². The minimum absolute atomic E-state index is 0.635. The molecular formula is C14H23N3. The van der Waals surface area contributed by atoms with Gasteiger partial charge < -0.3 is 15.5 Å². The number of hydrogen-bond donors (Lipinski definition) is 1. The summed E-state index contributed by atoms with van der Waals surface area (Å²) in [7, 11) is 0. The lowest BCUT2D eigenvalue weighted by Crippen LogP contribution is -2.46. The molecule has 3 heteroatoms. The molecule has 0 atom stereocenters. The van der Waals surface area contributed by atoms with Crippen LogP contribution in [0.1, 0.15) is 18.1 Å². The van der Waals surface area contributed by atoms with Crippen LogP contribution in [0.5, 0.6) is 0 Å². The highest BCUT2D eigenvalue weighted by Gasteiger charge is 2.15. The van der Waals surface area contributed by atoms with E-state index in [1.54, 1.807) is 0 Å². The molecule has 1 aromatic rings. The molecule has 1 aromatic carbocycles. The largest absolute Gasteiger partial charge is 0.369 e. The Labute approximate surface area is 104 Å². The van der Waals surface area contributed by atoms with E-state index in [9.17, 15) is 0 Å². The molecule has 0 saturated carbocycles. The Morgan fingerprint density at radius 2 is 1.88 bits per heavy atom. The zero-order valence-corrected chi connectivity index (χ0v) is 10.9. The van der Waals surface area contributed by atoms with Crippen LogP contribution in [0.4, 0.5) is 5.69 Å². The maximum Gasteiger partial charge on any atom is 0.0369 e. The molecule has 0 aliphatic carbocycles. The fourth-order valence-corrected chi connectivity index (χ4v) is 2.43. The first-order chi connectivity index (χ1) is 8.24. The van der Waals surface area contributed by atoms with Gasteiger partial charge in [-0.05, 0) is 36.7 Å². The van der Waals surface area contributed by atoms with Gasteiger partial charge in [0.05, 0.1) is 0 Å². The fraction of sp³-hybridized carbons (Fsp3) is 0.571. The molecule has 0 bridgehead atoms. The van der Waals surface area contributed by atoms with Crippen LogP contribution in [0, 0.1) is 6.92 Å². The van der Waals surface area contributed by atoms with Gasteiger partial charge in [-0.2, -0.15) is 0 Å². The van der Waals surface area contributed by atoms with Crippen molar-refractivity contribution in [3.8, 4) is 0 Å². The summed E-state index contributed by atoms with van der Waals surface area (Å²) in [6.07, 6.45) is 0. The van der Waals surface area contributed by atoms with Crippen LogP contribution in [0.15, 0.2) is 18.2 Å². The summed E-state index contributed by atoms with van der Waals surface area (Å²) < 4.78 is 0. The highest BCUT2D eigenvalue weighted by molar-refractivity contribution is 5.51. The number of aryl methyl sites for hydroxylation is 1. The van der Waals surface area contributed by atoms with Gasteiger partial charge >= 0.3 is 0 Å². The summed E-state index contributed by atoms with van der Waals surface area (Å²) in [5, 5.41) is 0. The predicted molar refractivity (Wildman–Crippen MR) is 73.4 cm³/mol. The van der Waals surface area contributed by atoms with Gasteiger partial charge in [-0.3, -0.25) is 0 Å². The first kappa shape index (κ1) is 12.4. The molecule has 1 heterocycles. The number of hydrogen-bond acceptors (Lipinski definition) is 3. The summed E-state index contributed by atoms with van der Waals surface area (Å²) in [6.45, 7) is 10.8. The second kappa shape index (κ2) is 5.52. The molecule has 1 aliphatic heterocycles. The van der Waals surface area contributed by atoms with E-state index in [1.165, 1.54) is 36.4 Å². The quantitative estimate of drug-likeness (QED) is 0.860. The SMILES string of the molecule is CCN1CCN(c2ccc(CN)c(C)c2)CC1. The minimum Gasteiger partial charge on any atom is -0.369 e. The number of piperazine rings is 1. The van der Waals surface area contributed by atoms with Gasteiger partial charge in [0.2, 0.25) is 0 Å². The summed E-state index contributed by atoms with van der Waals surface area (Å²) in [5.41, 5.74) is 9.60. The van der Waals surface area contributed by atoms with Crippen molar-refractivity contribution in [1.82, 2.24) is 4.90 Å². The summed E-state index contributed by atoms with van der Waals surface area (Å²) >= 11 is 0. The van der Waals surface area contributed by atoms with E-state index in [2.05, 4.69) is 41.8 Å². The van der Waals surface area contributed by atoms with Gasteiger partial charge in [-0.1, -0.05) is 13.0 Å². The molecule has 2 rings (SSSR count). The Hall–Kier alpha value is -1.06. The Balaban J connectivity index is 2.06. The van der Waals surface area contributed by atoms with Gasteiger partial charge in [-0.15, -0.1) is 0 Å². The van der Waals surface area contributed by atoms with Crippen LogP contribution < -0.4 is 10.6 Å². The monoisotopic (exact) mass is 233 g/mol. The zero-order valence-electron chi connectivity index (χ0n) is 10.9. The molecule has 1 aliphatic rings. The molecule has 1 fully saturated rings.